The van der Waals surface area contributed by atoms with Crippen molar-refractivity contribution >= 4 is 68.4 Å². The Hall–Kier alpha value is -6.05. The van der Waals surface area contributed by atoms with Crippen LogP contribution in [0.25, 0.3) is 27.4 Å². The third-order valence-corrected chi connectivity index (χ3v) is 11.3. The molecule has 0 atom stereocenters. The highest BCUT2D eigenvalue weighted by molar-refractivity contribution is 6.09. The average Bonchev–Trinajstić information content (AvgIpc) is 3.51. The molecule has 3 aliphatic rings. The summed E-state index contributed by atoms with van der Waals surface area (Å²) < 4.78 is 33.1. The molecular weight excluding hydrogens is 705 g/mol. The highest BCUT2D eigenvalue weighted by Gasteiger charge is 2.30. The lowest BCUT2D eigenvalue weighted by molar-refractivity contribution is -0.499. The van der Waals surface area contributed by atoms with E-state index in [1.165, 1.54) is 11.1 Å². The lowest BCUT2D eigenvalue weighted by atomic mass is 9.91. The van der Waals surface area contributed by atoms with Gasteiger partial charge in [0.25, 0.3) is 12.0 Å². The van der Waals surface area contributed by atoms with Crippen LogP contribution < -0.4 is 36.3 Å². The second kappa shape index (κ2) is 14.3. The van der Waals surface area contributed by atoms with E-state index in [9.17, 15) is 23.2 Å². The number of amides is 3. The Kier molecular flexibility index (Phi) is 9.35. The van der Waals surface area contributed by atoms with Crippen molar-refractivity contribution in [2.75, 3.05) is 40.9 Å². The maximum absolute atomic E-state index is 14.9. The molecule has 0 aliphatic carbocycles. The molecule has 0 bridgehead atoms. The van der Waals surface area contributed by atoms with E-state index in [4.69, 9.17) is 5.73 Å². The van der Waals surface area contributed by atoms with Crippen LogP contribution in [0.4, 0.5) is 36.5 Å². The van der Waals surface area contributed by atoms with Crippen LogP contribution in [0.1, 0.15) is 54.4 Å². The van der Waals surface area contributed by atoms with E-state index in [0.29, 0.717) is 29.1 Å². The van der Waals surface area contributed by atoms with Gasteiger partial charge in [0.1, 0.15) is 0 Å². The molecule has 5 aromatic rings. The van der Waals surface area contributed by atoms with Crippen LogP contribution >= 0.6 is 0 Å². The summed E-state index contributed by atoms with van der Waals surface area (Å²) in [6.07, 6.45) is 3.90. The summed E-state index contributed by atoms with van der Waals surface area (Å²) >= 11 is 0. The minimum atomic E-state index is -2.72. The van der Waals surface area contributed by atoms with Gasteiger partial charge in [0, 0.05) is 99.0 Å². The summed E-state index contributed by atoms with van der Waals surface area (Å²) in [5.74, 6) is 0.235. The molecule has 3 amide bonds. The fourth-order valence-electron chi connectivity index (χ4n) is 8.32. The van der Waals surface area contributed by atoms with Gasteiger partial charge >= 0.3 is 6.03 Å². The molecule has 4 N–H and O–H groups in total. The first-order valence-corrected chi connectivity index (χ1v) is 18.7. The standard InChI is InChI=1S/C41H43F2N9O3/c1-24-18-32-33(48(2)40(24)54)7-4-8-34(32)51-14-5-6-25-19-30(31(38(42)43)21-35(25)51)26(22-44)23-45-27-11-15-50(16-12-27)28-9-10-29-36(20-28)49(3)47-39(29)52-17-13-37(53)46-41(52)55/h4,7-10,18-23,27,38H,5-6,11-17,44H2,1-3H3,(H,46,53,55)/p+1/b26-22+,45-23?. The number of allylic oxidation sites excluding steroid dienone is 1. The Bertz CT molecular complexity index is 2480. The number of hydrogen-bond acceptors (Lipinski definition) is 7. The Balaban J connectivity index is 1.00. The highest BCUT2D eigenvalue weighted by atomic mass is 19.3. The second-order valence-corrected chi connectivity index (χ2v) is 14.6. The van der Waals surface area contributed by atoms with Gasteiger partial charge in [-0.15, -0.1) is 0 Å². The number of rotatable bonds is 7. The molecule has 2 fully saturated rings. The smallest absolute Gasteiger partial charge is 0.329 e. The predicted octanol–water partition coefficient (Wildman–Crippen LogP) is 4.32. The number of nitrogens with zero attached hydrogens (tertiary/aromatic N) is 6. The number of aryl methyl sites for hydroxylation is 4. The molecule has 0 radical (unpaired) electrons. The lowest BCUT2D eigenvalue weighted by Crippen LogP contribution is -2.78. The largest absolute Gasteiger partial charge is 0.404 e. The number of carbonyl (C=O) groups excluding carboxylic acids is 2. The summed E-state index contributed by atoms with van der Waals surface area (Å²) in [7, 11) is 3.60. The van der Waals surface area contributed by atoms with E-state index in [-0.39, 0.29) is 36.0 Å². The predicted molar refractivity (Wildman–Crippen MR) is 211 cm³/mol. The minimum absolute atomic E-state index is 0.0606. The summed E-state index contributed by atoms with van der Waals surface area (Å²) in [6.45, 7) is 4.29. The van der Waals surface area contributed by atoms with Gasteiger partial charge in [0.05, 0.1) is 22.3 Å². The normalized spacial score (nSPS) is 17.3. The lowest BCUT2D eigenvalue weighted by Gasteiger charge is -2.33. The molecule has 14 heteroatoms. The first-order valence-electron chi connectivity index (χ1n) is 18.7. The van der Waals surface area contributed by atoms with Gasteiger partial charge in [0.2, 0.25) is 5.91 Å². The second-order valence-electron chi connectivity index (χ2n) is 14.6. The molecule has 2 saturated heterocycles. The fraction of sp³-hybridized carbons (Fsp3) is 0.341. The number of hydrogen-bond donors (Lipinski definition) is 3. The van der Waals surface area contributed by atoms with Crippen molar-refractivity contribution in [2.45, 2.75) is 51.5 Å². The molecule has 0 spiro atoms. The van der Waals surface area contributed by atoms with Gasteiger partial charge in [-0.2, -0.15) is 5.10 Å². The third-order valence-electron chi connectivity index (χ3n) is 11.3. The zero-order valence-corrected chi connectivity index (χ0v) is 31.1. The number of carbonyl (C=O) groups is 2. The average molecular weight is 749 g/mol. The molecule has 2 aromatic heterocycles. The molecule has 3 aromatic carbocycles. The van der Waals surface area contributed by atoms with Crippen LogP contribution in [0.5, 0.6) is 0 Å². The van der Waals surface area contributed by atoms with Gasteiger partial charge in [-0.25, -0.2) is 18.6 Å². The summed E-state index contributed by atoms with van der Waals surface area (Å²) in [6, 6.07) is 16.9. The maximum Gasteiger partial charge on any atom is 0.329 e. The number of pyridine rings is 1. The van der Waals surface area contributed by atoms with Crippen LogP contribution in [-0.4, -0.2) is 64.7 Å². The van der Waals surface area contributed by atoms with Crippen molar-refractivity contribution in [2.24, 2.45) is 19.8 Å². The van der Waals surface area contributed by atoms with Gasteiger partial charge in [-0.3, -0.25) is 24.5 Å². The third kappa shape index (κ3) is 6.48. The number of fused-ring (bicyclic) bond motifs is 3. The molecule has 284 valence electrons. The first kappa shape index (κ1) is 36.0. The number of alkyl halides is 2. The molecule has 0 saturated carbocycles. The topological polar surface area (TPSA) is 136 Å². The van der Waals surface area contributed by atoms with Crippen LogP contribution in [0.3, 0.4) is 0 Å². The Morgan fingerprint density at radius 3 is 2.47 bits per heavy atom. The van der Waals surface area contributed by atoms with Crippen LogP contribution in [0.15, 0.2) is 65.6 Å². The summed E-state index contributed by atoms with van der Waals surface area (Å²) in [5, 5.41) is 8.70. The SMILES string of the molecule is Cc1cc2c(N3CCCc4cc(/C(C=[NH+]C5CCN(c6ccc7c(N8CCC(=O)NC8=O)nn(C)c7c6)CC5)=C/N)c(C(F)F)cc43)cccc2n(C)c1=O. The summed E-state index contributed by atoms with van der Waals surface area (Å²) in [4.78, 5) is 46.2. The van der Waals surface area contributed by atoms with E-state index in [2.05, 4.69) is 31.3 Å². The van der Waals surface area contributed by atoms with Crippen LogP contribution in [0.2, 0.25) is 0 Å². The Morgan fingerprint density at radius 2 is 1.73 bits per heavy atom. The molecule has 55 heavy (non-hydrogen) atoms. The van der Waals surface area contributed by atoms with Crippen molar-refractivity contribution < 1.29 is 23.4 Å². The van der Waals surface area contributed by atoms with E-state index < -0.39 is 12.5 Å². The maximum atomic E-state index is 14.9. The highest BCUT2D eigenvalue weighted by Crippen LogP contribution is 2.41. The monoisotopic (exact) mass is 748 g/mol. The van der Waals surface area contributed by atoms with E-state index in [1.807, 2.05) is 49.5 Å². The molecule has 12 nitrogen and oxygen atoms in total. The van der Waals surface area contributed by atoms with Crippen LogP contribution in [0, 0.1) is 6.92 Å². The number of nitrogens with two attached hydrogens (primary N) is 1. The quantitative estimate of drug-likeness (QED) is 0.211. The summed E-state index contributed by atoms with van der Waals surface area (Å²) in [5.41, 5.74) is 12.9. The van der Waals surface area contributed by atoms with Gasteiger partial charge in [-0.05, 0) is 79.4 Å². The zero-order chi connectivity index (χ0) is 38.5. The zero-order valence-electron chi connectivity index (χ0n) is 31.1. The first-order chi connectivity index (χ1) is 26.5. The molecule has 0 unspecified atom stereocenters. The van der Waals surface area contributed by atoms with Gasteiger partial charge < -0.3 is 20.1 Å². The minimum Gasteiger partial charge on any atom is -0.404 e. The number of nitrogens with one attached hydrogen (secondary N) is 2. The van der Waals surface area contributed by atoms with Crippen molar-refractivity contribution in [1.29, 1.82) is 0 Å². The van der Waals surface area contributed by atoms with Gasteiger partial charge in [0.15, 0.2) is 18.1 Å². The number of piperidine rings is 1. The van der Waals surface area contributed by atoms with Crippen LogP contribution in [-0.2, 0) is 25.3 Å². The Labute approximate surface area is 316 Å². The van der Waals surface area contributed by atoms with Crippen molar-refractivity contribution in [1.82, 2.24) is 19.7 Å². The van der Waals surface area contributed by atoms with E-state index in [0.717, 1.165) is 83.2 Å². The number of imide groups is 1. The molecule has 5 heterocycles. The number of benzene rings is 3. The van der Waals surface area contributed by atoms with E-state index in [1.54, 1.807) is 35.5 Å². The Morgan fingerprint density at radius 1 is 0.927 bits per heavy atom. The fourth-order valence-corrected chi connectivity index (χ4v) is 8.32. The molecule has 3 aliphatic heterocycles. The number of anilines is 4. The van der Waals surface area contributed by atoms with Crippen molar-refractivity contribution in [3.8, 4) is 0 Å². The van der Waals surface area contributed by atoms with Crippen molar-refractivity contribution in [3.05, 3.63) is 93.4 Å². The number of aromatic nitrogens is 3. The molecule has 8 rings (SSSR count). The molecular formula is C41H44F2N9O3+. The number of halogens is 2. The van der Waals surface area contributed by atoms with E-state index >= 15 is 0 Å². The van der Waals surface area contributed by atoms with Crippen molar-refractivity contribution in [3.63, 3.8) is 0 Å². The number of urea groups is 1. The van der Waals surface area contributed by atoms with Gasteiger partial charge in [-0.1, -0.05) is 6.07 Å².